The monoisotopic (exact) mass is 265 g/mol. The van der Waals surface area contributed by atoms with Crippen LogP contribution in [0.15, 0.2) is 18.5 Å². The number of imidazole rings is 1. The number of hydrogen-bond donors (Lipinski definition) is 3. The molecular formula is C12H7N7O. The number of fused-ring (bicyclic) bond motifs is 2. The summed E-state index contributed by atoms with van der Waals surface area (Å²) in [4.78, 5) is 23.1. The second kappa shape index (κ2) is 3.64. The lowest BCUT2D eigenvalue weighted by molar-refractivity contribution is -0.115. The highest BCUT2D eigenvalue weighted by Crippen LogP contribution is 2.35. The maximum absolute atomic E-state index is 11.6. The van der Waals surface area contributed by atoms with E-state index in [0.29, 0.717) is 28.4 Å². The minimum absolute atomic E-state index is 0.302. The van der Waals surface area contributed by atoms with Crippen LogP contribution in [0.5, 0.6) is 0 Å². The maximum Gasteiger partial charge on any atom is 0.246 e. The maximum atomic E-state index is 11.6. The van der Waals surface area contributed by atoms with E-state index in [1.807, 2.05) is 6.07 Å². The lowest BCUT2D eigenvalue weighted by Gasteiger charge is -1.98. The number of carbonyl (C=O) groups is 1. The van der Waals surface area contributed by atoms with Crippen molar-refractivity contribution in [2.75, 3.05) is 5.32 Å². The van der Waals surface area contributed by atoms with E-state index in [1.165, 1.54) is 6.33 Å². The molecule has 2 aromatic heterocycles. The fourth-order valence-corrected chi connectivity index (χ4v) is 2.32. The zero-order valence-corrected chi connectivity index (χ0v) is 10.0. The van der Waals surface area contributed by atoms with Crippen LogP contribution in [-0.4, -0.2) is 31.1 Å². The first-order valence-corrected chi connectivity index (χ1v) is 5.86. The zero-order valence-electron chi connectivity index (χ0n) is 10.0. The number of anilines is 1. The predicted molar refractivity (Wildman–Crippen MR) is 68.5 cm³/mol. The Labute approximate surface area is 111 Å². The van der Waals surface area contributed by atoms with Crippen LogP contribution in [0.2, 0.25) is 0 Å². The molecule has 0 fully saturated rings. The molecule has 1 aliphatic rings. The lowest BCUT2D eigenvalue weighted by Crippen LogP contribution is -2.09. The molecule has 0 bridgehead atoms. The standard InChI is InChI=1S/C12H7N7O/c13-3-6-5-1-8-9(2-7(5)18-12(6)20)17-11(16-8)10-14-4-15-19-10/h1-2,4,6H,(H,16,17)(H,18,20)(H,14,15,19). The van der Waals surface area contributed by atoms with Gasteiger partial charge >= 0.3 is 0 Å². The third-order valence-electron chi connectivity index (χ3n) is 3.24. The molecule has 3 heterocycles. The quantitative estimate of drug-likeness (QED) is 0.603. The number of nitriles is 1. The molecule has 3 aromatic rings. The summed E-state index contributed by atoms with van der Waals surface area (Å²) in [7, 11) is 0. The van der Waals surface area contributed by atoms with E-state index in [4.69, 9.17) is 5.26 Å². The molecule has 1 atom stereocenters. The summed E-state index contributed by atoms with van der Waals surface area (Å²) in [5, 5.41) is 18.3. The van der Waals surface area contributed by atoms with Gasteiger partial charge in [0.15, 0.2) is 11.7 Å². The van der Waals surface area contributed by atoms with Gasteiger partial charge < -0.3 is 10.3 Å². The summed E-state index contributed by atoms with van der Waals surface area (Å²) in [6.45, 7) is 0. The fourth-order valence-electron chi connectivity index (χ4n) is 2.32. The molecule has 20 heavy (non-hydrogen) atoms. The first-order chi connectivity index (χ1) is 9.76. The smallest absolute Gasteiger partial charge is 0.246 e. The molecular weight excluding hydrogens is 258 g/mol. The van der Waals surface area contributed by atoms with Crippen LogP contribution in [0.3, 0.4) is 0 Å². The van der Waals surface area contributed by atoms with Gasteiger partial charge in [-0.3, -0.25) is 9.89 Å². The van der Waals surface area contributed by atoms with Crippen molar-refractivity contribution in [3.8, 4) is 17.7 Å². The van der Waals surface area contributed by atoms with Crippen molar-refractivity contribution >= 4 is 22.6 Å². The number of aromatic nitrogens is 5. The Morgan fingerprint density at radius 2 is 2.25 bits per heavy atom. The highest BCUT2D eigenvalue weighted by atomic mass is 16.2. The fraction of sp³-hybridized carbons (Fsp3) is 0.0833. The predicted octanol–water partition coefficient (Wildman–Crippen LogP) is 0.907. The number of amides is 1. The van der Waals surface area contributed by atoms with Crippen molar-refractivity contribution in [2.24, 2.45) is 0 Å². The average Bonchev–Trinajstić information content (AvgIpc) is 3.12. The third kappa shape index (κ3) is 1.34. The van der Waals surface area contributed by atoms with Crippen LogP contribution in [0.1, 0.15) is 11.5 Å². The molecule has 1 aromatic carbocycles. The number of hydrogen-bond acceptors (Lipinski definition) is 5. The van der Waals surface area contributed by atoms with E-state index in [2.05, 4.69) is 30.5 Å². The molecule has 8 heteroatoms. The van der Waals surface area contributed by atoms with Gasteiger partial charge in [-0.05, 0) is 12.1 Å². The van der Waals surface area contributed by atoms with Crippen LogP contribution < -0.4 is 5.32 Å². The molecule has 0 aliphatic carbocycles. The minimum Gasteiger partial charge on any atom is -0.335 e. The van der Waals surface area contributed by atoms with Gasteiger partial charge in [0.2, 0.25) is 11.7 Å². The SMILES string of the molecule is N#CC1C(=O)Nc2cc3[nH]c(-c4nc[nH]n4)nc3cc21. The average molecular weight is 265 g/mol. The van der Waals surface area contributed by atoms with E-state index in [9.17, 15) is 4.79 Å². The third-order valence-corrected chi connectivity index (χ3v) is 3.24. The first-order valence-electron chi connectivity index (χ1n) is 5.86. The number of nitrogens with one attached hydrogen (secondary N) is 3. The number of aromatic amines is 2. The molecule has 0 saturated heterocycles. The van der Waals surface area contributed by atoms with Crippen molar-refractivity contribution in [3.05, 3.63) is 24.0 Å². The molecule has 0 saturated carbocycles. The van der Waals surface area contributed by atoms with Gasteiger partial charge in [0, 0.05) is 11.3 Å². The topological polar surface area (TPSA) is 123 Å². The summed E-state index contributed by atoms with van der Waals surface area (Å²) >= 11 is 0. The first kappa shape index (κ1) is 10.7. The van der Waals surface area contributed by atoms with E-state index in [0.717, 1.165) is 5.52 Å². The van der Waals surface area contributed by atoms with Gasteiger partial charge in [-0.2, -0.15) is 10.4 Å². The largest absolute Gasteiger partial charge is 0.335 e. The van der Waals surface area contributed by atoms with E-state index in [1.54, 1.807) is 12.1 Å². The second-order valence-electron chi connectivity index (χ2n) is 4.42. The van der Waals surface area contributed by atoms with Crippen molar-refractivity contribution in [1.29, 1.82) is 5.26 Å². The van der Waals surface area contributed by atoms with Gasteiger partial charge in [0.25, 0.3) is 0 Å². The molecule has 0 spiro atoms. The van der Waals surface area contributed by atoms with Crippen molar-refractivity contribution in [3.63, 3.8) is 0 Å². The number of carbonyl (C=O) groups excluding carboxylic acids is 1. The summed E-state index contributed by atoms with van der Waals surface area (Å²) in [5.41, 5.74) is 2.71. The van der Waals surface area contributed by atoms with Crippen LogP contribution in [0.25, 0.3) is 22.7 Å². The molecule has 1 aliphatic heterocycles. The van der Waals surface area contributed by atoms with Gasteiger partial charge in [0.05, 0.1) is 17.1 Å². The Hall–Kier alpha value is -3.21. The molecule has 8 nitrogen and oxygen atoms in total. The van der Waals surface area contributed by atoms with Crippen LogP contribution >= 0.6 is 0 Å². The normalized spacial score (nSPS) is 16.9. The second-order valence-corrected chi connectivity index (χ2v) is 4.42. The lowest BCUT2D eigenvalue weighted by atomic mass is 10.0. The highest BCUT2D eigenvalue weighted by molar-refractivity contribution is 6.06. The molecule has 0 radical (unpaired) electrons. The van der Waals surface area contributed by atoms with E-state index in [-0.39, 0.29) is 5.91 Å². The zero-order chi connectivity index (χ0) is 13.7. The van der Waals surface area contributed by atoms with Crippen molar-refractivity contribution in [2.45, 2.75) is 5.92 Å². The van der Waals surface area contributed by atoms with Crippen molar-refractivity contribution < 1.29 is 4.79 Å². The number of H-pyrrole nitrogens is 2. The molecule has 96 valence electrons. The molecule has 4 rings (SSSR count). The Morgan fingerprint density at radius 3 is 3.00 bits per heavy atom. The van der Waals surface area contributed by atoms with Gasteiger partial charge in [-0.25, -0.2) is 9.97 Å². The number of rotatable bonds is 1. The van der Waals surface area contributed by atoms with Gasteiger partial charge in [0.1, 0.15) is 6.33 Å². The molecule has 3 N–H and O–H groups in total. The van der Waals surface area contributed by atoms with E-state index < -0.39 is 5.92 Å². The van der Waals surface area contributed by atoms with Gasteiger partial charge in [-0.1, -0.05) is 0 Å². The minimum atomic E-state index is -0.780. The Bertz CT molecular complexity index is 871. The number of benzene rings is 1. The summed E-state index contributed by atoms with van der Waals surface area (Å²) in [6.07, 6.45) is 1.47. The summed E-state index contributed by atoms with van der Waals surface area (Å²) in [6, 6.07) is 5.50. The number of nitrogens with zero attached hydrogens (tertiary/aromatic N) is 4. The summed E-state index contributed by atoms with van der Waals surface area (Å²) < 4.78 is 0. The van der Waals surface area contributed by atoms with E-state index >= 15 is 0 Å². The molecule has 1 amide bonds. The van der Waals surface area contributed by atoms with Crippen molar-refractivity contribution in [1.82, 2.24) is 25.1 Å². The van der Waals surface area contributed by atoms with Crippen LogP contribution in [0.4, 0.5) is 5.69 Å². The Morgan fingerprint density at radius 1 is 1.35 bits per heavy atom. The Balaban J connectivity index is 1.91. The van der Waals surface area contributed by atoms with Gasteiger partial charge in [-0.15, -0.1) is 0 Å². The van der Waals surface area contributed by atoms with Crippen LogP contribution in [0, 0.1) is 11.3 Å². The molecule has 1 unspecified atom stereocenters. The Kier molecular flexibility index (Phi) is 1.95. The highest BCUT2D eigenvalue weighted by Gasteiger charge is 2.31. The van der Waals surface area contributed by atoms with Crippen LogP contribution in [-0.2, 0) is 4.79 Å². The summed E-state index contributed by atoms with van der Waals surface area (Å²) in [5.74, 6) is -0.0885.